The summed E-state index contributed by atoms with van der Waals surface area (Å²) in [7, 11) is 1.66. The van der Waals surface area contributed by atoms with Crippen LogP contribution in [0.1, 0.15) is 20.3 Å². The van der Waals surface area contributed by atoms with Gasteiger partial charge in [-0.05, 0) is 37.6 Å². The Morgan fingerprint density at radius 1 is 1.24 bits per heavy atom. The van der Waals surface area contributed by atoms with E-state index in [4.69, 9.17) is 9.47 Å². The lowest BCUT2D eigenvalue weighted by molar-refractivity contribution is 0.304. The lowest BCUT2D eigenvalue weighted by Crippen LogP contribution is -2.22. The Labute approximate surface area is 104 Å². The van der Waals surface area contributed by atoms with Gasteiger partial charge in [0, 0.05) is 6.07 Å². The Morgan fingerprint density at radius 2 is 2.00 bits per heavy atom. The molecule has 3 nitrogen and oxygen atoms in total. The summed E-state index contributed by atoms with van der Waals surface area (Å²) in [5.74, 6) is 2.41. The predicted octanol–water partition coefficient (Wildman–Crippen LogP) is 2.71. The number of nitrogens with one attached hydrogen (secondary N) is 1. The average Bonchev–Trinajstić information content (AvgIpc) is 2.33. The normalized spacial score (nSPS) is 10.6. The summed E-state index contributed by atoms with van der Waals surface area (Å²) < 4.78 is 10.8. The van der Waals surface area contributed by atoms with Gasteiger partial charge in [-0.3, -0.25) is 0 Å². The monoisotopic (exact) mass is 237 g/mol. The topological polar surface area (TPSA) is 30.5 Å². The second-order valence-electron chi connectivity index (χ2n) is 4.48. The van der Waals surface area contributed by atoms with Crippen LogP contribution >= 0.6 is 0 Å². The molecule has 0 radical (unpaired) electrons. The van der Waals surface area contributed by atoms with Crippen LogP contribution in [0.2, 0.25) is 0 Å². The second-order valence-corrected chi connectivity index (χ2v) is 4.48. The van der Waals surface area contributed by atoms with E-state index in [0.717, 1.165) is 37.6 Å². The molecule has 0 aliphatic rings. The van der Waals surface area contributed by atoms with Gasteiger partial charge in [0.2, 0.25) is 0 Å². The lowest BCUT2D eigenvalue weighted by Gasteiger charge is -2.09. The van der Waals surface area contributed by atoms with Crippen molar-refractivity contribution in [1.29, 1.82) is 0 Å². The van der Waals surface area contributed by atoms with Gasteiger partial charge in [-0.2, -0.15) is 0 Å². The van der Waals surface area contributed by atoms with Crippen LogP contribution < -0.4 is 14.8 Å². The van der Waals surface area contributed by atoms with Crippen LogP contribution in [0.4, 0.5) is 0 Å². The van der Waals surface area contributed by atoms with Gasteiger partial charge in [0.25, 0.3) is 0 Å². The van der Waals surface area contributed by atoms with Crippen molar-refractivity contribution in [1.82, 2.24) is 5.32 Å². The fourth-order valence-electron chi connectivity index (χ4n) is 1.47. The van der Waals surface area contributed by atoms with Crippen molar-refractivity contribution in [2.24, 2.45) is 5.92 Å². The minimum atomic E-state index is 0.703. The zero-order valence-electron chi connectivity index (χ0n) is 11.0. The molecule has 0 aromatic heterocycles. The van der Waals surface area contributed by atoms with Gasteiger partial charge in [-0.1, -0.05) is 19.9 Å². The SMILES string of the molecule is COc1cccc(OCCCNCC(C)C)c1. The Balaban J connectivity index is 2.13. The molecular formula is C14H23NO2. The molecule has 1 rings (SSSR count). The summed E-state index contributed by atoms with van der Waals surface area (Å²) in [6.07, 6.45) is 1.02. The first-order chi connectivity index (χ1) is 8.22. The minimum absolute atomic E-state index is 0.703. The third kappa shape index (κ3) is 6.17. The van der Waals surface area contributed by atoms with Crippen LogP contribution in [0.3, 0.4) is 0 Å². The Hall–Kier alpha value is -1.22. The molecule has 1 N–H and O–H groups in total. The van der Waals surface area contributed by atoms with E-state index >= 15 is 0 Å². The van der Waals surface area contributed by atoms with Crippen LogP contribution in [-0.2, 0) is 0 Å². The maximum Gasteiger partial charge on any atom is 0.122 e. The molecule has 0 spiro atoms. The lowest BCUT2D eigenvalue weighted by atomic mass is 10.2. The van der Waals surface area contributed by atoms with Crippen LogP contribution in [0.15, 0.2) is 24.3 Å². The molecule has 1 aromatic carbocycles. The molecular weight excluding hydrogens is 214 g/mol. The highest BCUT2D eigenvalue weighted by molar-refractivity contribution is 5.32. The highest BCUT2D eigenvalue weighted by atomic mass is 16.5. The third-order valence-corrected chi connectivity index (χ3v) is 2.36. The van der Waals surface area contributed by atoms with Crippen LogP contribution in [0.25, 0.3) is 0 Å². The van der Waals surface area contributed by atoms with Crippen molar-refractivity contribution in [2.45, 2.75) is 20.3 Å². The van der Waals surface area contributed by atoms with Crippen molar-refractivity contribution in [3.8, 4) is 11.5 Å². The highest BCUT2D eigenvalue weighted by Gasteiger charge is 1.97. The van der Waals surface area contributed by atoms with Gasteiger partial charge in [-0.15, -0.1) is 0 Å². The molecule has 0 unspecified atom stereocenters. The maximum absolute atomic E-state index is 5.64. The fraction of sp³-hybridized carbons (Fsp3) is 0.571. The Morgan fingerprint density at radius 3 is 2.71 bits per heavy atom. The van der Waals surface area contributed by atoms with Crippen molar-refractivity contribution in [3.63, 3.8) is 0 Å². The quantitative estimate of drug-likeness (QED) is 0.705. The molecule has 0 fully saturated rings. The second kappa shape index (κ2) is 7.96. The first kappa shape index (κ1) is 13.8. The van der Waals surface area contributed by atoms with E-state index in [2.05, 4.69) is 19.2 Å². The number of methoxy groups -OCH3 is 1. The van der Waals surface area contributed by atoms with E-state index in [1.165, 1.54) is 0 Å². The minimum Gasteiger partial charge on any atom is -0.497 e. The number of ether oxygens (including phenoxy) is 2. The number of hydrogen-bond donors (Lipinski definition) is 1. The predicted molar refractivity (Wildman–Crippen MR) is 70.8 cm³/mol. The maximum atomic E-state index is 5.64. The van der Waals surface area contributed by atoms with Crippen LogP contribution in [-0.4, -0.2) is 26.8 Å². The Bertz CT molecular complexity index is 313. The van der Waals surface area contributed by atoms with Gasteiger partial charge in [0.15, 0.2) is 0 Å². The summed E-state index contributed by atoms with van der Waals surface area (Å²) in [4.78, 5) is 0. The molecule has 0 atom stereocenters. The standard InChI is InChI=1S/C14H23NO2/c1-12(2)11-15-8-5-9-17-14-7-4-6-13(10-14)16-3/h4,6-7,10,12,15H,5,8-9,11H2,1-3H3. The fourth-order valence-corrected chi connectivity index (χ4v) is 1.47. The van der Waals surface area contributed by atoms with E-state index in [-0.39, 0.29) is 0 Å². The van der Waals surface area contributed by atoms with E-state index < -0.39 is 0 Å². The molecule has 96 valence electrons. The molecule has 3 heteroatoms. The van der Waals surface area contributed by atoms with Gasteiger partial charge in [0.05, 0.1) is 13.7 Å². The summed E-state index contributed by atoms with van der Waals surface area (Å²) in [5, 5.41) is 3.39. The van der Waals surface area contributed by atoms with E-state index in [1.807, 2.05) is 24.3 Å². The van der Waals surface area contributed by atoms with Gasteiger partial charge in [0.1, 0.15) is 11.5 Å². The summed E-state index contributed by atoms with van der Waals surface area (Å²) >= 11 is 0. The molecule has 1 aromatic rings. The zero-order valence-corrected chi connectivity index (χ0v) is 11.0. The van der Waals surface area contributed by atoms with Crippen LogP contribution in [0, 0.1) is 5.92 Å². The Kier molecular flexibility index (Phi) is 6.48. The van der Waals surface area contributed by atoms with Gasteiger partial charge >= 0.3 is 0 Å². The van der Waals surface area contributed by atoms with E-state index in [1.54, 1.807) is 7.11 Å². The van der Waals surface area contributed by atoms with Gasteiger partial charge in [-0.25, -0.2) is 0 Å². The molecule has 0 amide bonds. The number of hydrogen-bond acceptors (Lipinski definition) is 3. The van der Waals surface area contributed by atoms with E-state index in [0.29, 0.717) is 5.92 Å². The first-order valence-electron chi connectivity index (χ1n) is 6.20. The van der Waals surface area contributed by atoms with Crippen LogP contribution in [0.5, 0.6) is 11.5 Å². The van der Waals surface area contributed by atoms with Crippen molar-refractivity contribution < 1.29 is 9.47 Å². The molecule has 0 saturated heterocycles. The first-order valence-corrected chi connectivity index (χ1v) is 6.20. The van der Waals surface area contributed by atoms with E-state index in [9.17, 15) is 0 Å². The van der Waals surface area contributed by atoms with Gasteiger partial charge < -0.3 is 14.8 Å². The molecule has 0 aliphatic heterocycles. The molecule has 17 heavy (non-hydrogen) atoms. The average molecular weight is 237 g/mol. The van der Waals surface area contributed by atoms with Crippen molar-refractivity contribution >= 4 is 0 Å². The summed E-state index contributed by atoms with van der Waals surface area (Å²) in [6, 6.07) is 7.70. The highest BCUT2D eigenvalue weighted by Crippen LogP contribution is 2.18. The largest absolute Gasteiger partial charge is 0.497 e. The van der Waals surface area contributed by atoms with Crippen molar-refractivity contribution in [3.05, 3.63) is 24.3 Å². The third-order valence-electron chi connectivity index (χ3n) is 2.36. The molecule has 0 bridgehead atoms. The molecule has 0 aliphatic carbocycles. The summed E-state index contributed by atoms with van der Waals surface area (Å²) in [5.41, 5.74) is 0. The molecule has 0 heterocycles. The smallest absolute Gasteiger partial charge is 0.122 e. The number of benzene rings is 1. The van der Waals surface area contributed by atoms with Crippen molar-refractivity contribution in [2.75, 3.05) is 26.8 Å². The zero-order chi connectivity index (χ0) is 12.5. The summed E-state index contributed by atoms with van der Waals surface area (Å²) in [6.45, 7) is 7.22. The number of rotatable bonds is 8. The molecule has 0 saturated carbocycles.